The van der Waals surface area contributed by atoms with Gasteiger partial charge in [0.15, 0.2) is 0 Å². The van der Waals surface area contributed by atoms with Crippen LogP contribution in [0.5, 0.6) is 0 Å². The zero-order chi connectivity index (χ0) is 23.2. The standard InChI is InChI=1S/C23H19F3N4O3/c24-23(25,26)17-6-4-5-14(9-17)20-27-21(33-28-20)16-11-29(12-16)22(32)15-10-19(31)30(13-15)18-7-2-1-3-8-18/h1-9,15-16H,10-13H2. The number of amides is 2. The minimum absolute atomic E-state index is 0.0702. The topological polar surface area (TPSA) is 79.5 Å². The lowest BCUT2D eigenvalue weighted by Crippen LogP contribution is -2.51. The predicted molar refractivity (Wildman–Crippen MR) is 111 cm³/mol. The molecule has 1 aromatic heterocycles. The number of benzene rings is 2. The number of para-hydroxylation sites is 1. The van der Waals surface area contributed by atoms with Crippen molar-refractivity contribution in [2.24, 2.45) is 5.92 Å². The highest BCUT2D eigenvalue weighted by Gasteiger charge is 2.42. The minimum atomic E-state index is -4.46. The number of hydrogen-bond donors (Lipinski definition) is 0. The Morgan fingerprint density at radius 1 is 1.03 bits per heavy atom. The van der Waals surface area contributed by atoms with Crippen molar-refractivity contribution in [1.29, 1.82) is 0 Å². The van der Waals surface area contributed by atoms with Gasteiger partial charge >= 0.3 is 6.18 Å². The third-order valence-electron chi connectivity index (χ3n) is 5.97. The number of anilines is 1. The Hall–Kier alpha value is -3.69. The van der Waals surface area contributed by atoms with Crippen molar-refractivity contribution in [3.05, 3.63) is 66.1 Å². The van der Waals surface area contributed by atoms with Crippen molar-refractivity contribution in [1.82, 2.24) is 15.0 Å². The molecule has 0 aliphatic carbocycles. The highest BCUT2D eigenvalue weighted by atomic mass is 19.4. The predicted octanol–water partition coefficient (Wildman–Crippen LogP) is 3.73. The first kappa shape index (κ1) is 21.2. The maximum absolute atomic E-state index is 12.9. The highest BCUT2D eigenvalue weighted by molar-refractivity contribution is 6.00. The Kier molecular flexibility index (Phi) is 5.15. The van der Waals surface area contributed by atoms with Gasteiger partial charge in [-0.05, 0) is 24.3 Å². The van der Waals surface area contributed by atoms with E-state index in [1.807, 2.05) is 30.3 Å². The van der Waals surface area contributed by atoms with Crippen molar-refractivity contribution < 1.29 is 27.3 Å². The Labute approximate surface area is 186 Å². The van der Waals surface area contributed by atoms with Crippen LogP contribution in [0.3, 0.4) is 0 Å². The first-order valence-corrected chi connectivity index (χ1v) is 10.4. The monoisotopic (exact) mass is 456 g/mol. The molecule has 5 rings (SSSR count). The van der Waals surface area contributed by atoms with Crippen LogP contribution >= 0.6 is 0 Å². The number of alkyl halides is 3. The third-order valence-corrected chi connectivity index (χ3v) is 5.97. The number of nitrogens with zero attached hydrogens (tertiary/aromatic N) is 4. The van der Waals surface area contributed by atoms with E-state index in [0.29, 0.717) is 19.6 Å². The zero-order valence-corrected chi connectivity index (χ0v) is 17.3. The molecule has 1 unspecified atom stereocenters. The van der Waals surface area contributed by atoms with Crippen molar-refractivity contribution >= 4 is 17.5 Å². The summed E-state index contributed by atoms with van der Waals surface area (Å²) in [5.41, 5.74) is 0.187. The van der Waals surface area contributed by atoms with Gasteiger partial charge in [0.25, 0.3) is 0 Å². The molecular formula is C23H19F3N4O3. The van der Waals surface area contributed by atoms with Crippen molar-refractivity contribution in [2.45, 2.75) is 18.5 Å². The second-order valence-corrected chi connectivity index (χ2v) is 8.22. The van der Waals surface area contributed by atoms with E-state index in [9.17, 15) is 22.8 Å². The van der Waals surface area contributed by atoms with Crippen LogP contribution in [0.15, 0.2) is 59.1 Å². The quantitative estimate of drug-likeness (QED) is 0.598. The van der Waals surface area contributed by atoms with Crippen LogP contribution in [0.4, 0.5) is 18.9 Å². The van der Waals surface area contributed by atoms with Crippen LogP contribution < -0.4 is 4.90 Å². The van der Waals surface area contributed by atoms with Crippen LogP contribution in [-0.2, 0) is 15.8 Å². The molecule has 2 fully saturated rings. The molecule has 0 N–H and O–H groups in total. The van der Waals surface area contributed by atoms with Crippen molar-refractivity contribution in [3.63, 3.8) is 0 Å². The van der Waals surface area contributed by atoms with E-state index in [1.54, 1.807) is 9.80 Å². The van der Waals surface area contributed by atoms with Crippen LogP contribution in [0.25, 0.3) is 11.4 Å². The SMILES string of the molecule is O=C(C1CC(=O)N(c2ccccc2)C1)N1CC(c2nc(-c3cccc(C(F)(F)F)c3)no2)C1. The van der Waals surface area contributed by atoms with Gasteiger partial charge in [-0.3, -0.25) is 9.59 Å². The fourth-order valence-electron chi connectivity index (χ4n) is 4.16. The number of rotatable bonds is 4. The van der Waals surface area contributed by atoms with E-state index in [2.05, 4.69) is 10.1 Å². The average Bonchev–Trinajstić information content (AvgIpc) is 3.40. The van der Waals surface area contributed by atoms with Crippen LogP contribution in [0, 0.1) is 5.92 Å². The lowest BCUT2D eigenvalue weighted by Gasteiger charge is -2.38. The van der Waals surface area contributed by atoms with Gasteiger partial charge in [0.1, 0.15) is 0 Å². The van der Waals surface area contributed by atoms with E-state index in [4.69, 9.17) is 4.52 Å². The summed E-state index contributed by atoms with van der Waals surface area (Å²) in [7, 11) is 0. The zero-order valence-electron chi connectivity index (χ0n) is 17.3. The summed E-state index contributed by atoms with van der Waals surface area (Å²) in [4.78, 5) is 32.7. The number of hydrogen-bond acceptors (Lipinski definition) is 5. The molecule has 2 amide bonds. The minimum Gasteiger partial charge on any atom is -0.341 e. The van der Waals surface area contributed by atoms with E-state index >= 15 is 0 Å². The van der Waals surface area contributed by atoms with Gasteiger partial charge in [-0.2, -0.15) is 18.2 Å². The first-order chi connectivity index (χ1) is 15.8. The molecule has 33 heavy (non-hydrogen) atoms. The van der Waals surface area contributed by atoms with Gasteiger partial charge in [-0.25, -0.2) is 0 Å². The van der Waals surface area contributed by atoms with E-state index in [0.717, 1.165) is 17.8 Å². The van der Waals surface area contributed by atoms with Crippen LogP contribution in [0.2, 0.25) is 0 Å². The lowest BCUT2D eigenvalue weighted by molar-refractivity contribution is -0.140. The molecule has 2 aliphatic heterocycles. The van der Waals surface area contributed by atoms with Gasteiger partial charge in [0.05, 0.1) is 17.4 Å². The average molecular weight is 456 g/mol. The first-order valence-electron chi connectivity index (χ1n) is 10.4. The largest absolute Gasteiger partial charge is 0.416 e. The summed E-state index contributed by atoms with van der Waals surface area (Å²) < 4.78 is 44.1. The van der Waals surface area contributed by atoms with Crippen molar-refractivity contribution in [2.75, 3.05) is 24.5 Å². The second kappa shape index (κ2) is 8.02. The summed E-state index contributed by atoms with van der Waals surface area (Å²) >= 11 is 0. The van der Waals surface area contributed by atoms with Crippen LogP contribution in [-0.4, -0.2) is 46.5 Å². The van der Waals surface area contributed by atoms with E-state index < -0.39 is 17.7 Å². The Morgan fingerprint density at radius 2 is 1.79 bits per heavy atom. The molecule has 2 saturated heterocycles. The molecule has 0 radical (unpaired) electrons. The molecular weight excluding hydrogens is 437 g/mol. The lowest BCUT2D eigenvalue weighted by atomic mass is 9.96. The Balaban J connectivity index is 1.21. The number of carbonyl (C=O) groups excluding carboxylic acids is 2. The van der Waals surface area contributed by atoms with E-state index in [-0.39, 0.29) is 41.4 Å². The van der Waals surface area contributed by atoms with Gasteiger partial charge in [-0.1, -0.05) is 35.5 Å². The Morgan fingerprint density at radius 3 is 2.52 bits per heavy atom. The van der Waals surface area contributed by atoms with Gasteiger partial charge in [-0.15, -0.1) is 0 Å². The molecule has 0 bridgehead atoms. The number of likely N-dealkylation sites (tertiary alicyclic amines) is 1. The van der Waals surface area contributed by atoms with E-state index in [1.165, 1.54) is 12.1 Å². The molecule has 2 aliphatic rings. The van der Waals surface area contributed by atoms with Gasteiger partial charge < -0.3 is 14.3 Å². The normalized spacial score (nSPS) is 19.1. The summed E-state index contributed by atoms with van der Waals surface area (Å²) in [5, 5.41) is 3.81. The summed E-state index contributed by atoms with van der Waals surface area (Å²) in [6.45, 7) is 1.06. The maximum Gasteiger partial charge on any atom is 0.416 e. The summed E-state index contributed by atoms with van der Waals surface area (Å²) in [6.07, 6.45) is -4.30. The van der Waals surface area contributed by atoms with Gasteiger partial charge in [0, 0.05) is 37.3 Å². The number of carbonyl (C=O) groups is 2. The molecule has 0 spiro atoms. The molecule has 2 aromatic carbocycles. The van der Waals surface area contributed by atoms with Crippen molar-refractivity contribution in [3.8, 4) is 11.4 Å². The molecule has 7 nitrogen and oxygen atoms in total. The molecule has 1 atom stereocenters. The molecule has 170 valence electrons. The smallest absolute Gasteiger partial charge is 0.341 e. The number of aromatic nitrogens is 2. The third kappa shape index (κ3) is 4.08. The fourth-order valence-corrected chi connectivity index (χ4v) is 4.16. The molecule has 3 aromatic rings. The molecule has 0 saturated carbocycles. The highest BCUT2D eigenvalue weighted by Crippen LogP contribution is 2.34. The second-order valence-electron chi connectivity index (χ2n) is 8.22. The summed E-state index contributed by atoms with van der Waals surface area (Å²) in [6, 6.07) is 13.9. The van der Waals surface area contributed by atoms with Gasteiger partial charge in [0.2, 0.25) is 23.5 Å². The summed E-state index contributed by atoms with van der Waals surface area (Å²) in [5.74, 6) is -0.444. The van der Waals surface area contributed by atoms with Crippen LogP contribution in [0.1, 0.15) is 23.8 Å². The number of halogens is 3. The maximum atomic E-state index is 12.9. The Bertz CT molecular complexity index is 1190. The molecule has 10 heteroatoms. The fraction of sp³-hybridized carbons (Fsp3) is 0.304. The molecule has 3 heterocycles.